The summed E-state index contributed by atoms with van der Waals surface area (Å²) in [7, 11) is 0. The van der Waals surface area contributed by atoms with Crippen LogP contribution in [0.1, 0.15) is 44.6 Å². The summed E-state index contributed by atoms with van der Waals surface area (Å²) >= 11 is 0. The third-order valence-corrected chi connectivity index (χ3v) is 3.27. The Hall–Kier alpha value is -1.28. The van der Waals surface area contributed by atoms with Gasteiger partial charge in [0.2, 0.25) is 0 Å². The second kappa shape index (κ2) is 7.22. The SMILES string of the molecule is CCCCCCCON1CC=Cc2ccccc21. The summed E-state index contributed by atoms with van der Waals surface area (Å²) < 4.78 is 0. The number of hydrogen-bond donors (Lipinski definition) is 0. The molecule has 1 aliphatic rings. The molecule has 0 spiro atoms. The van der Waals surface area contributed by atoms with Crippen LogP contribution in [-0.2, 0) is 4.84 Å². The lowest BCUT2D eigenvalue weighted by atomic mass is 10.1. The molecule has 18 heavy (non-hydrogen) atoms. The van der Waals surface area contributed by atoms with Crippen LogP contribution >= 0.6 is 0 Å². The predicted octanol–water partition coefficient (Wildman–Crippen LogP) is 4.42. The molecule has 0 aliphatic carbocycles. The summed E-state index contributed by atoms with van der Waals surface area (Å²) in [5.74, 6) is 0. The normalized spacial score (nSPS) is 13.7. The molecular weight excluding hydrogens is 222 g/mol. The van der Waals surface area contributed by atoms with E-state index in [4.69, 9.17) is 4.84 Å². The van der Waals surface area contributed by atoms with E-state index < -0.39 is 0 Å². The average Bonchev–Trinajstić information content (AvgIpc) is 2.43. The first kappa shape index (κ1) is 13.2. The number of fused-ring (bicyclic) bond motifs is 1. The Morgan fingerprint density at radius 2 is 1.94 bits per heavy atom. The minimum absolute atomic E-state index is 0.825. The molecule has 2 heteroatoms. The molecule has 0 N–H and O–H groups in total. The molecule has 0 fully saturated rings. The van der Waals surface area contributed by atoms with Gasteiger partial charge in [-0.3, -0.25) is 4.84 Å². The van der Waals surface area contributed by atoms with Crippen molar-refractivity contribution in [3.8, 4) is 0 Å². The summed E-state index contributed by atoms with van der Waals surface area (Å²) in [6, 6.07) is 8.38. The van der Waals surface area contributed by atoms with Gasteiger partial charge in [-0.25, -0.2) is 5.06 Å². The zero-order valence-corrected chi connectivity index (χ0v) is 11.3. The van der Waals surface area contributed by atoms with Gasteiger partial charge in [0.1, 0.15) is 0 Å². The molecule has 0 radical (unpaired) electrons. The van der Waals surface area contributed by atoms with Gasteiger partial charge >= 0.3 is 0 Å². The summed E-state index contributed by atoms with van der Waals surface area (Å²) in [6.45, 7) is 3.92. The van der Waals surface area contributed by atoms with Crippen LogP contribution < -0.4 is 5.06 Å². The number of rotatable bonds is 7. The lowest BCUT2D eigenvalue weighted by molar-refractivity contribution is 0.109. The lowest BCUT2D eigenvalue weighted by Crippen LogP contribution is -2.26. The Kier molecular flexibility index (Phi) is 5.28. The van der Waals surface area contributed by atoms with Crippen LogP contribution in [-0.4, -0.2) is 13.2 Å². The third-order valence-electron chi connectivity index (χ3n) is 3.27. The Morgan fingerprint density at radius 3 is 2.83 bits per heavy atom. The van der Waals surface area contributed by atoms with E-state index in [9.17, 15) is 0 Å². The minimum Gasteiger partial charge on any atom is -0.273 e. The largest absolute Gasteiger partial charge is 0.273 e. The molecule has 1 aromatic rings. The van der Waals surface area contributed by atoms with E-state index in [0.29, 0.717) is 0 Å². The molecule has 0 atom stereocenters. The smallest absolute Gasteiger partial charge is 0.0748 e. The van der Waals surface area contributed by atoms with Crippen molar-refractivity contribution in [2.45, 2.75) is 39.0 Å². The highest BCUT2D eigenvalue weighted by molar-refractivity contribution is 5.69. The van der Waals surface area contributed by atoms with E-state index in [0.717, 1.165) is 19.6 Å². The van der Waals surface area contributed by atoms with Crippen molar-refractivity contribution in [2.24, 2.45) is 0 Å². The zero-order chi connectivity index (χ0) is 12.6. The standard InChI is InChI=1S/C16H23NO/c1-2-3-4-5-8-14-18-17-13-9-11-15-10-6-7-12-16(15)17/h6-7,9-12H,2-5,8,13-14H2,1H3. The van der Waals surface area contributed by atoms with Crippen LogP contribution in [0.2, 0.25) is 0 Å². The summed E-state index contributed by atoms with van der Waals surface area (Å²) in [5, 5.41) is 2.01. The zero-order valence-electron chi connectivity index (χ0n) is 11.3. The molecule has 1 aromatic carbocycles. The fourth-order valence-electron chi connectivity index (χ4n) is 2.23. The molecule has 0 unspecified atom stereocenters. The Labute approximate surface area is 110 Å². The first-order valence-electron chi connectivity index (χ1n) is 7.08. The number of para-hydroxylation sites is 1. The van der Waals surface area contributed by atoms with E-state index >= 15 is 0 Å². The maximum Gasteiger partial charge on any atom is 0.0748 e. The maximum absolute atomic E-state index is 5.87. The van der Waals surface area contributed by atoms with Crippen LogP contribution in [0.3, 0.4) is 0 Å². The second-order valence-electron chi connectivity index (χ2n) is 4.77. The van der Waals surface area contributed by atoms with Gasteiger partial charge in [-0.1, -0.05) is 63.0 Å². The van der Waals surface area contributed by atoms with Crippen molar-refractivity contribution in [1.29, 1.82) is 0 Å². The van der Waals surface area contributed by atoms with Crippen molar-refractivity contribution in [3.05, 3.63) is 35.9 Å². The number of unbranched alkanes of at least 4 members (excludes halogenated alkanes) is 4. The molecule has 0 amide bonds. The van der Waals surface area contributed by atoms with E-state index in [2.05, 4.69) is 43.3 Å². The average molecular weight is 245 g/mol. The van der Waals surface area contributed by atoms with E-state index in [1.165, 1.54) is 36.9 Å². The van der Waals surface area contributed by atoms with Crippen molar-refractivity contribution in [1.82, 2.24) is 0 Å². The summed E-state index contributed by atoms with van der Waals surface area (Å²) in [4.78, 5) is 5.87. The number of hydrogen-bond acceptors (Lipinski definition) is 2. The number of anilines is 1. The molecule has 98 valence electrons. The third kappa shape index (κ3) is 3.61. The molecule has 1 heterocycles. The van der Waals surface area contributed by atoms with Gasteiger partial charge in [-0.05, 0) is 18.1 Å². The van der Waals surface area contributed by atoms with Crippen molar-refractivity contribution in [2.75, 3.05) is 18.2 Å². The first-order chi connectivity index (χ1) is 8.92. The monoisotopic (exact) mass is 245 g/mol. The number of hydroxylamine groups is 1. The van der Waals surface area contributed by atoms with Crippen LogP contribution in [0, 0.1) is 0 Å². The van der Waals surface area contributed by atoms with Gasteiger partial charge in [-0.15, -0.1) is 0 Å². The van der Waals surface area contributed by atoms with Gasteiger partial charge in [0, 0.05) is 0 Å². The van der Waals surface area contributed by atoms with Gasteiger partial charge in [0.15, 0.2) is 0 Å². The molecule has 2 rings (SSSR count). The van der Waals surface area contributed by atoms with Crippen LogP contribution in [0.25, 0.3) is 6.08 Å². The molecule has 0 bridgehead atoms. The van der Waals surface area contributed by atoms with Crippen LogP contribution in [0.15, 0.2) is 30.3 Å². The fraction of sp³-hybridized carbons (Fsp3) is 0.500. The molecule has 0 saturated carbocycles. The highest BCUT2D eigenvalue weighted by Crippen LogP contribution is 2.25. The molecular formula is C16H23NO. The minimum atomic E-state index is 0.825. The van der Waals surface area contributed by atoms with Gasteiger partial charge in [-0.2, -0.15) is 0 Å². The van der Waals surface area contributed by atoms with E-state index in [1.54, 1.807) is 0 Å². The summed E-state index contributed by atoms with van der Waals surface area (Å²) in [5.41, 5.74) is 2.43. The first-order valence-corrected chi connectivity index (χ1v) is 7.08. The van der Waals surface area contributed by atoms with Crippen LogP contribution in [0.4, 0.5) is 5.69 Å². The summed E-state index contributed by atoms with van der Waals surface area (Å²) in [6.07, 6.45) is 10.7. The van der Waals surface area contributed by atoms with Crippen molar-refractivity contribution < 1.29 is 4.84 Å². The Morgan fingerprint density at radius 1 is 1.11 bits per heavy atom. The number of nitrogens with zero attached hydrogens (tertiary/aromatic N) is 1. The van der Waals surface area contributed by atoms with E-state index in [1.807, 2.05) is 5.06 Å². The Bertz CT molecular complexity index is 386. The molecule has 2 nitrogen and oxygen atoms in total. The molecule has 0 saturated heterocycles. The number of benzene rings is 1. The lowest BCUT2D eigenvalue weighted by Gasteiger charge is -2.26. The highest BCUT2D eigenvalue weighted by atomic mass is 16.7. The fourth-order valence-corrected chi connectivity index (χ4v) is 2.23. The topological polar surface area (TPSA) is 12.5 Å². The molecule has 1 aliphatic heterocycles. The van der Waals surface area contributed by atoms with Crippen LogP contribution in [0.5, 0.6) is 0 Å². The highest BCUT2D eigenvalue weighted by Gasteiger charge is 2.12. The van der Waals surface area contributed by atoms with E-state index in [-0.39, 0.29) is 0 Å². The van der Waals surface area contributed by atoms with Crippen molar-refractivity contribution >= 4 is 11.8 Å². The van der Waals surface area contributed by atoms with Gasteiger partial charge in [0.05, 0.1) is 18.8 Å². The second-order valence-corrected chi connectivity index (χ2v) is 4.77. The molecule has 0 aromatic heterocycles. The predicted molar refractivity (Wildman–Crippen MR) is 77.5 cm³/mol. The van der Waals surface area contributed by atoms with Gasteiger partial charge in [0.25, 0.3) is 0 Å². The maximum atomic E-state index is 5.87. The van der Waals surface area contributed by atoms with Gasteiger partial charge < -0.3 is 0 Å². The Balaban J connectivity index is 1.75. The van der Waals surface area contributed by atoms with Crippen molar-refractivity contribution in [3.63, 3.8) is 0 Å². The quantitative estimate of drug-likeness (QED) is 0.659.